The van der Waals surface area contributed by atoms with Gasteiger partial charge in [-0.3, -0.25) is 4.79 Å². The van der Waals surface area contributed by atoms with E-state index in [1.54, 1.807) is 11.8 Å². The maximum absolute atomic E-state index is 13.0. The lowest BCUT2D eigenvalue weighted by Crippen LogP contribution is -2.32. The summed E-state index contributed by atoms with van der Waals surface area (Å²) in [7, 11) is 0. The van der Waals surface area contributed by atoms with Crippen molar-refractivity contribution in [3.63, 3.8) is 0 Å². The predicted octanol–water partition coefficient (Wildman–Crippen LogP) is 5.37. The zero-order valence-corrected chi connectivity index (χ0v) is 13.4. The molecular weight excluding hydrogens is 288 g/mol. The van der Waals surface area contributed by atoms with Crippen LogP contribution in [-0.4, -0.2) is 5.78 Å². The largest absolute Gasteiger partial charge is 0.298 e. The first kappa shape index (κ1) is 15.1. The second-order valence-corrected chi connectivity index (χ2v) is 6.97. The first-order valence-corrected chi connectivity index (χ1v) is 8.61. The Labute approximate surface area is 136 Å². The topological polar surface area (TPSA) is 17.1 Å². The van der Waals surface area contributed by atoms with Crippen molar-refractivity contribution in [3.8, 4) is 0 Å². The van der Waals surface area contributed by atoms with Crippen molar-refractivity contribution in [1.29, 1.82) is 0 Å². The first-order valence-electron chi connectivity index (χ1n) is 7.79. The van der Waals surface area contributed by atoms with E-state index in [-0.39, 0.29) is 0 Å². The Morgan fingerprint density at radius 1 is 0.864 bits per heavy atom. The number of carbonyl (C=O) groups excluding carboxylic acids is 1. The molecule has 2 aromatic carbocycles. The van der Waals surface area contributed by atoms with E-state index in [1.807, 2.05) is 36.4 Å². The number of Topliss-reactive ketones (excluding diaryl/α,β-unsaturated/α-hetero) is 1. The molecule has 1 nitrogen and oxygen atoms in total. The summed E-state index contributed by atoms with van der Waals surface area (Å²) < 4.78 is -0.500. The van der Waals surface area contributed by atoms with Gasteiger partial charge in [0.1, 0.15) is 4.75 Å². The molecule has 0 radical (unpaired) electrons. The molecule has 0 aliphatic heterocycles. The molecular formula is C20H20OS. The molecule has 0 heterocycles. The van der Waals surface area contributed by atoms with E-state index in [1.165, 1.54) is 0 Å². The van der Waals surface area contributed by atoms with Crippen LogP contribution in [0.1, 0.15) is 31.2 Å². The number of thioether (sulfide) groups is 1. The molecule has 2 aromatic rings. The molecule has 2 heteroatoms. The third kappa shape index (κ3) is 3.17. The van der Waals surface area contributed by atoms with E-state index < -0.39 is 4.75 Å². The van der Waals surface area contributed by atoms with Crippen molar-refractivity contribution in [2.45, 2.75) is 35.3 Å². The molecule has 0 amide bonds. The van der Waals surface area contributed by atoms with Crippen molar-refractivity contribution in [3.05, 3.63) is 78.4 Å². The van der Waals surface area contributed by atoms with E-state index in [2.05, 4.69) is 36.4 Å². The average Bonchev–Trinajstić information content (AvgIpc) is 2.56. The van der Waals surface area contributed by atoms with Crippen molar-refractivity contribution in [2.24, 2.45) is 0 Å². The SMILES string of the molecule is O=C1CCC/C=C\CC1(Sc1ccccc1)c1ccccc1. The van der Waals surface area contributed by atoms with Crippen LogP contribution in [0, 0.1) is 0 Å². The Kier molecular flexibility index (Phi) is 4.79. The standard InChI is InChI=1S/C20H20OS/c21-19-15-9-1-2-10-16-20(19,17-11-5-3-6-12-17)22-18-13-7-4-8-14-18/h2-8,10-14H,1,9,15-16H2/b10-2-. The highest BCUT2D eigenvalue weighted by molar-refractivity contribution is 8.01. The predicted molar refractivity (Wildman–Crippen MR) is 93.0 cm³/mol. The Hall–Kier alpha value is -1.80. The molecule has 22 heavy (non-hydrogen) atoms. The van der Waals surface area contributed by atoms with E-state index in [0.29, 0.717) is 12.2 Å². The second-order valence-electron chi connectivity index (χ2n) is 5.60. The summed E-state index contributed by atoms with van der Waals surface area (Å²) in [6.45, 7) is 0. The molecule has 1 aliphatic rings. The van der Waals surface area contributed by atoms with E-state index in [0.717, 1.165) is 29.7 Å². The molecule has 0 spiro atoms. The lowest BCUT2D eigenvalue weighted by atomic mass is 9.86. The quantitative estimate of drug-likeness (QED) is 0.709. The van der Waals surface area contributed by atoms with Crippen LogP contribution >= 0.6 is 11.8 Å². The second kappa shape index (κ2) is 6.97. The number of ketones is 1. The van der Waals surface area contributed by atoms with Crippen LogP contribution in [-0.2, 0) is 9.54 Å². The van der Waals surface area contributed by atoms with Gasteiger partial charge in [0.2, 0.25) is 0 Å². The molecule has 0 fully saturated rings. The molecule has 0 saturated carbocycles. The Balaban J connectivity index is 2.06. The molecule has 0 bridgehead atoms. The fourth-order valence-electron chi connectivity index (χ4n) is 2.90. The minimum Gasteiger partial charge on any atom is -0.298 e. The van der Waals surface area contributed by atoms with Crippen LogP contribution in [0.25, 0.3) is 0 Å². The Morgan fingerprint density at radius 2 is 1.55 bits per heavy atom. The summed E-state index contributed by atoms with van der Waals surface area (Å²) in [6.07, 6.45) is 7.76. The van der Waals surface area contributed by atoms with Gasteiger partial charge in [0.15, 0.2) is 5.78 Å². The van der Waals surface area contributed by atoms with Crippen LogP contribution in [0.2, 0.25) is 0 Å². The Morgan fingerprint density at radius 3 is 2.27 bits per heavy atom. The van der Waals surface area contributed by atoms with Gasteiger partial charge >= 0.3 is 0 Å². The fraction of sp³-hybridized carbons (Fsp3) is 0.250. The Bertz CT molecular complexity index is 648. The highest BCUT2D eigenvalue weighted by Gasteiger charge is 2.39. The monoisotopic (exact) mass is 308 g/mol. The van der Waals surface area contributed by atoms with Crippen LogP contribution in [0.15, 0.2) is 77.7 Å². The van der Waals surface area contributed by atoms with Gasteiger partial charge in [0, 0.05) is 11.3 Å². The van der Waals surface area contributed by atoms with Gasteiger partial charge in [-0.05, 0) is 37.0 Å². The van der Waals surface area contributed by atoms with Gasteiger partial charge in [-0.1, -0.05) is 60.7 Å². The van der Waals surface area contributed by atoms with Gasteiger partial charge in [0.25, 0.3) is 0 Å². The molecule has 3 rings (SSSR count). The van der Waals surface area contributed by atoms with Crippen molar-refractivity contribution >= 4 is 17.5 Å². The summed E-state index contributed by atoms with van der Waals surface area (Å²) in [5.41, 5.74) is 1.11. The van der Waals surface area contributed by atoms with Gasteiger partial charge in [-0.15, -0.1) is 11.8 Å². The van der Waals surface area contributed by atoms with Gasteiger partial charge in [0.05, 0.1) is 0 Å². The third-order valence-corrected chi connectivity index (χ3v) is 5.56. The summed E-state index contributed by atoms with van der Waals surface area (Å²) in [4.78, 5) is 14.2. The van der Waals surface area contributed by atoms with E-state index in [9.17, 15) is 4.79 Å². The number of rotatable bonds is 3. The zero-order valence-electron chi connectivity index (χ0n) is 12.6. The number of allylic oxidation sites excluding steroid dienone is 2. The van der Waals surface area contributed by atoms with Crippen molar-refractivity contribution in [2.75, 3.05) is 0 Å². The number of hydrogen-bond acceptors (Lipinski definition) is 2. The number of carbonyl (C=O) groups is 1. The number of hydrogen-bond donors (Lipinski definition) is 0. The van der Waals surface area contributed by atoms with Crippen LogP contribution in [0.3, 0.4) is 0 Å². The average molecular weight is 308 g/mol. The smallest absolute Gasteiger partial charge is 0.154 e. The number of benzene rings is 2. The van der Waals surface area contributed by atoms with E-state index >= 15 is 0 Å². The minimum atomic E-state index is -0.500. The van der Waals surface area contributed by atoms with Gasteiger partial charge in [-0.25, -0.2) is 0 Å². The summed E-state index contributed by atoms with van der Waals surface area (Å²) in [5, 5.41) is 0. The van der Waals surface area contributed by atoms with Gasteiger partial charge < -0.3 is 0 Å². The highest BCUT2D eigenvalue weighted by Crippen LogP contribution is 2.46. The zero-order chi connectivity index (χ0) is 15.3. The lowest BCUT2D eigenvalue weighted by Gasteiger charge is -2.32. The van der Waals surface area contributed by atoms with Crippen molar-refractivity contribution < 1.29 is 4.79 Å². The highest BCUT2D eigenvalue weighted by atomic mass is 32.2. The van der Waals surface area contributed by atoms with Crippen LogP contribution in [0.5, 0.6) is 0 Å². The van der Waals surface area contributed by atoms with Crippen LogP contribution < -0.4 is 0 Å². The maximum atomic E-state index is 13.0. The fourth-order valence-corrected chi connectivity index (χ4v) is 4.24. The maximum Gasteiger partial charge on any atom is 0.154 e. The first-order chi connectivity index (χ1) is 10.8. The molecule has 0 saturated heterocycles. The molecule has 1 atom stereocenters. The van der Waals surface area contributed by atoms with Crippen molar-refractivity contribution in [1.82, 2.24) is 0 Å². The molecule has 1 aliphatic carbocycles. The van der Waals surface area contributed by atoms with Crippen LogP contribution in [0.4, 0.5) is 0 Å². The molecule has 112 valence electrons. The minimum absolute atomic E-state index is 0.344. The summed E-state index contributed by atoms with van der Waals surface area (Å²) in [5.74, 6) is 0.344. The summed E-state index contributed by atoms with van der Waals surface area (Å²) >= 11 is 1.69. The molecule has 0 N–H and O–H groups in total. The molecule has 0 aromatic heterocycles. The third-order valence-electron chi connectivity index (χ3n) is 4.07. The normalized spacial score (nSPS) is 23.5. The van der Waals surface area contributed by atoms with Gasteiger partial charge in [-0.2, -0.15) is 0 Å². The molecule has 1 unspecified atom stereocenters. The summed E-state index contributed by atoms with van der Waals surface area (Å²) in [6, 6.07) is 20.5. The van der Waals surface area contributed by atoms with E-state index in [4.69, 9.17) is 0 Å². The lowest BCUT2D eigenvalue weighted by molar-refractivity contribution is -0.121.